The Balaban J connectivity index is 2.77. The molecule has 1 aliphatic rings. The number of carbonyl (C=O) groups excluding carboxylic acids is 2. The van der Waals surface area contributed by atoms with Gasteiger partial charge in [-0.1, -0.05) is 55.4 Å². The highest BCUT2D eigenvalue weighted by molar-refractivity contribution is 7.85. The van der Waals surface area contributed by atoms with Crippen LogP contribution in [0.3, 0.4) is 0 Å². The van der Waals surface area contributed by atoms with Crippen molar-refractivity contribution in [2.24, 2.45) is 11.1 Å². The van der Waals surface area contributed by atoms with Crippen molar-refractivity contribution in [1.29, 1.82) is 0 Å². The first-order chi connectivity index (χ1) is 14.2. The molecule has 8 heteroatoms. The lowest BCUT2D eigenvalue weighted by Gasteiger charge is -2.32. The SMILES string of the molecule is CC1=C(/C=C/C(C)=C/C=C/C(C)=C\C(=O)N[C@H](CS(=O)(=O)O)C(N)=O)C(C)(C)CCC1. The van der Waals surface area contributed by atoms with Crippen LogP contribution >= 0.6 is 0 Å². The third kappa shape index (κ3) is 9.93. The van der Waals surface area contributed by atoms with Gasteiger partial charge in [-0.2, -0.15) is 8.42 Å². The van der Waals surface area contributed by atoms with Crippen LogP contribution in [0.2, 0.25) is 0 Å². The number of rotatable bonds is 9. The Bertz CT molecular complexity index is 950. The molecule has 0 aromatic carbocycles. The second-order valence-corrected chi connectivity index (χ2v) is 10.1. The van der Waals surface area contributed by atoms with Crippen molar-refractivity contribution >= 4 is 21.9 Å². The van der Waals surface area contributed by atoms with Gasteiger partial charge in [0, 0.05) is 6.08 Å². The Morgan fingerprint density at radius 2 is 1.87 bits per heavy atom. The summed E-state index contributed by atoms with van der Waals surface area (Å²) in [7, 11) is -4.46. The molecule has 0 aromatic rings. The van der Waals surface area contributed by atoms with E-state index in [2.05, 4.69) is 38.2 Å². The molecule has 4 N–H and O–H groups in total. The number of amides is 2. The highest BCUT2D eigenvalue weighted by atomic mass is 32.2. The normalized spacial score (nSPS) is 19.2. The molecule has 0 fully saturated rings. The van der Waals surface area contributed by atoms with Gasteiger partial charge in [0.2, 0.25) is 11.8 Å². The molecule has 7 nitrogen and oxygen atoms in total. The van der Waals surface area contributed by atoms with Crippen LogP contribution in [0, 0.1) is 5.41 Å². The van der Waals surface area contributed by atoms with Gasteiger partial charge >= 0.3 is 0 Å². The van der Waals surface area contributed by atoms with E-state index in [4.69, 9.17) is 10.3 Å². The number of nitrogens with one attached hydrogen (secondary N) is 1. The maximum Gasteiger partial charge on any atom is 0.267 e. The maximum atomic E-state index is 12.0. The molecule has 0 spiro atoms. The zero-order valence-electron chi connectivity index (χ0n) is 18.9. The summed E-state index contributed by atoms with van der Waals surface area (Å²) < 4.78 is 30.7. The number of hydrogen-bond donors (Lipinski definition) is 3. The van der Waals surface area contributed by atoms with E-state index in [1.54, 1.807) is 19.1 Å². The summed E-state index contributed by atoms with van der Waals surface area (Å²) in [5.74, 6) is -2.71. The predicted octanol–water partition coefficient (Wildman–Crippen LogP) is 3.38. The molecular formula is C23H34N2O5S. The molecular weight excluding hydrogens is 416 g/mol. The van der Waals surface area contributed by atoms with Crippen molar-refractivity contribution in [2.45, 2.75) is 59.9 Å². The summed E-state index contributed by atoms with van der Waals surface area (Å²) in [4.78, 5) is 23.2. The summed E-state index contributed by atoms with van der Waals surface area (Å²) >= 11 is 0. The fourth-order valence-corrected chi connectivity index (χ4v) is 4.18. The Morgan fingerprint density at radius 3 is 2.42 bits per heavy atom. The van der Waals surface area contributed by atoms with Gasteiger partial charge in [0.25, 0.3) is 10.1 Å². The van der Waals surface area contributed by atoms with E-state index >= 15 is 0 Å². The first-order valence-corrected chi connectivity index (χ1v) is 11.8. The van der Waals surface area contributed by atoms with Crippen molar-refractivity contribution in [2.75, 3.05) is 5.75 Å². The third-order valence-electron chi connectivity index (χ3n) is 5.17. The molecule has 0 radical (unpaired) electrons. The van der Waals surface area contributed by atoms with Gasteiger partial charge in [-0.3, -0.25) is 14.1 Å². The molecule has 0 bridgehead atoms. The van der Waals surface area contributed by atoms with Crippen LogP contribution in [0.4, 0.5) is 0 Å². The molecule has 31 heavy (non-hydrogen) atoms. The van der Waals surface area contributed by atoms with Crippen molar-refractivity contribution in [3.63, 3.8) is 0 Å². The van der Waals surface area contributed by atoms with E-state index in [1.165, 1.54) is 30.1 Å². The van der Waals surface area contributed by atoms with E-state index < -0.39 is 33.7 Å². The summed E-state index contributed by atoms with van der Waals surface area (Å²) in [6.45, 7) is 10.4. The number of carbonyl (C=O) groups is 2. The first-order valence-electron chi connectivity index (χ1n) is 10.2. The molecule has 0 aromatic heterocycles. The number of allylic oxidation sites excluding steroid dienone is 9. The van der Waals surface area contributed by atoms with Crippen LogP contribution in [-0.2, 0) is 19.7 Å². The number of hydrogen-bond acceptors (Lipinski definition) is 4. The van der Waals surface area contributed by atoms with Gasteiger partial charge in [0.05, 0.1) is 0 Å². The van der Waals surface area contributed by atoms with E-state index in [-0.39, 0.29) is 5.41 Å². The molecule has 0 saturated carbocycles. The largest absolute Gasteiger partial charge is 0.368 e. The van der Waals surface area contributed by atoms with Gasteiger partial charge in [0.1, 0.15) is 11.8 Å². The second kappa shape index (κ2) is 11.2. The summed E-state index contributed by atoms with van der Waals surface area (Å²) in [5, 5.41) is 2.18. The number of nitrogens with two attached hydrogens (primary N) is 1. The van der Waals surface area contributed by atoms with E-state index in [9.17, 15) is 18.0 Å². The lowest BCUT2D eigenvalue weighted by molar-refractivity contribution is -0.124. The average molecular weight is 451 g/mol. The first kappa shape index (κ1) is 26.6. The lowest BCUT2D eigenvalue weighted by atomic mass is 9.72. The molecule has 172 valence electrons. The fourth-order valence-electron chi connectivity index (χ4n) is 3.51. The Morgan fingerprint density at radius 1 is 1.23 bits per heavy atom. The topological polar surface area (TPSA) is 127 Å². The maximum absolute atomic E-state index is 12.0. The zero-order chi connectivity index (χ0) is 23.8. The van der Waals surface area contributed by atoms with Crippen molar-refractivity contribution in [3.05, 3.63) is 58.7 Å². The Labute approximate surface area is 185 Å². The van der Waals surface area contributed by atoms with Crippen molar-refractivity contribution in [1.82, 2.24) is 5.32 Å². The molecule has 2 amide bonds. The van der Waals surface area contributed by atoms with E-state index in [1.807, 2.05) is 13.0 Å². The quantitative estimate of drug-likeness (QED) is 0.282. The Hall–Kier alpha value is -2.45. The highest BCUT2D eigenvalue weighted by Gasteiger charge is 2.26. The van der Waals surface area contributed by atoms with Crippen LogP contribution in [0.1, 0.15) is 53.9 Å². The van der Waals surface area contributed by atoms with Gasteiger partial charge in [-0.05, 0) is 56.6 Å². The molecule has 0 saturated heterocycles. The van der Waals surface area contributed by atoms with Gasteiger partial charge in [-0.15, -0.1) is 0 Å². The molecule has 1 atom stereocenters. The monoisotopic (exact) mass is 450 g/mol. The average Bonchev–Trinajstić information content (AvgIpc) is 2.58. The van der Waals surface area contributed by atoms with E-state index in [0.717, 1.165) is 12.0 Å². The second-order valence-electron chi connectivity index (χ2n) is 8.64. The molecule has 0 heterocycles. The predicted molar refractivity (Wildman–Crippen MR) is 124 cm³/mol. The molecule has 0 unspecified atom stereocenters. The smallest absolute Gasteiger partial charge is 0.267 e. The van der Waals surface area contributed by atoms with Crippen LogP contribution in [0.5, 0.6) is 0 Å². The summed E-state index contributed by atoms with van der Waals surface area (Å²) in [6, 6.07) is -1.51. The van der Waals surface area contributed by atoms with Crippen LogP contribution < -0.4 is 11.1 Å². The third-order valence-corrected chi connectivity index (χ3v) is 5.92. The summed E-state index contributed by atoms with van der Waals surface area (Å²) in [5.41, 5.74) is 9.71. The number of primary amides is 1. The standard InChI is InChI=1S/C23H34N2O5S/c1-16(11-12-19-18(3)10-7-13-23(19,4)5)8-6-9-17(2)14-21(26)25-20(22(24)27)15-31(28,29)30/h6,8-9,11-12,14,20H,7,10,13,15H2,1-5H3,(H2,24,27)(H,25,26)(H,28,29,30)/b9-6+,12-11+,16-8+,17-14-/t20-/m1/s1. The molecule has 1 aliphatic carbocycles. The molecule has 1 rings (SSSR count). The van der Waals surface area contributed by atoms with Crippen LogP contribution in [0.15, 0.2) is 58.7 Å². The minimum atomic E-state index is -4.46. The minimum Gasteiger partial charge on any atom is -0.368 e. The van der Waals surface area contributed by atoms with Crippen LogP contribution in [0.25, 0.3) is 0 Å². The molecule has 0 aliphatic heterocycles. The minimum absolute atomic E-state index is 0.180. The fraction of sp³-hybridized carbons (Fsp3) is 0.478. The van der Waals surface area contributed by atoms with Crippen LogP contribution in [-0.4, -0.2) is 36.6 Å². The van der Waals surface area contributed by atoms with E-state index in [0.29, 0.717) is 5.57 Å². The zero-order valence-corrected chi connectivity index (χ0v) is 19.8. The lowest BCUT2D eigenvalue weighted by Crippen LogP contribution is -2.48. The Kier molecular flexibility index (Phi) is 9.65. The summed E-state index contributed by atoms with van der Waals surface area (Å²) in [6.07, 6.45) is 14.5. The van der Waals surface area contributed by atoms with Gasteiger partial charge < -0.3 is 11.1 Å². The van der Waals surface area contributed by atoms with Crippen molar-refractivity contribution < 1.29 is 22.6 Å². The van der Waals surface area contributed by atoms with Crippen molar-refractivity contribution in [3.8, 4) is 0 Å². The van der Waals surface area contributed by atoms with Gasteiger partial charge in [0.15, 0.2) is 0 Å². The highest BCUT2D eigenvalue weighted by Crippen LogP contribution is 2.40. The van der Waals surface area contributed by atoms with Gasteiger partial charge in [-0.25, -0.2) is 0 Å².